The van der Waals surface area contributed by atoms with E-state index in [0.29, 0.717) is 0 Å². The highest BCUT2D eigenvalue weighted by atomic mass is 16.7. The average Bonchev–Trinajstić information content (AvgIpc) is 2.74. The van der Waals surface area contributed by atoms with E-state index in [9.17, 15) is 5.11 Å². The standard InChI is InChI=1S/C19H36O11/c1-21-8-10-12(23-3)14(24-4)17(27-7)19(29-10)30-13-11(9-22-2)28-18(20)16(26-6)15(13)25-5/h10-20H,8-9H2,1-7H3/t10-,11-,12+,13+,14+,15-,16-,17+,18+,19-/m0/s1. The largest absolute Gasteiger partial charge is 0.382 e. The zero-order chi connectivity index (χ0) is 22.3. The van der Waals surface area contributed by atoms with E-state index in [1.54, 1.807) is 28.4 Å². The molecule has 0 aromatic heterocycles. The second-order valence-electron chi connectivity index (χ2n) is 7.12. The fourth-order valence-corrected chi connectivity index (χ4v) is 4.12. The number of aliphatic hydroxyl groups is 1. The van der Waals surface area contributed by atoms with Crippen LogP contribution in [0.2, 0.25) is 0 Å². The van der Waals surface area contributed by atoms with E-state index in [1.165, 1.54) is 21.3 Å². The quantitative estimate of drug-likeness (QED) is 0.435. The SMILES string of the molecule is COC[C@@H]1O[C@@H](O)[C@@H](OC)[C@@H](OC)[C@@H]1O[C@@H]1O[C@@H](COC)[C@@H](OC)[C@@H](OC)[C@H]1OC. The second kappa shape index (κ2) is 12.6. The monoisotopic (exact) mass is 440 g/mol. The van der Waals surface area contributed by atoms with Gasteiger partial charge in [0.15, 0.2) is 12.6 Å². The Hall–Kier alpha value is -0.440. The molecule has 2 aliphatic heterocycles. The van der Waals surface area contributed by atoms with E-state index >= 15 is 0 Å². The van der Waals surface area contributed by atoms with Gasteiger partial charge in [-0.25, -0.2) is 0 Å². The first-order chi connectivity index (χ1) is 14.5. The van der Waals surface area contributed by atoms with Crippen LogP contribution in [0.4, 0.5) is 0 Å². The van der Waals surface area contributed by atoms with Crippen LogP contribution in [0.25, 0.3) is 0 Å². The van der Waals surface area contributed by atoms with Crippen LogP contribution in [-0.4, -0.2) is 130 Å². The summed E-state index contributed by atoms with van der Waals surface area (Å²) in [6, 6.07) is 0. The molecule has 0 aliphatic carbocycles. The van der Waals surface area contributed by atoms with Crippen LogP contribution in [0.3, 0.4) is 0 Å². The molecular formula is C19H36O11. The molecule has 0 spiro atoms. The Balaban J connectivity index is 2.31. The Labute approximate surface area is 177 Å². The number of rotatable bonds is 11. The second-order valence-corrected chi connectivity index (χ2v) is 7.12. The van der Waals surface area contributed by atoms with Crippen LogP contribution in [0.15, 0.2) is 0 Å². The van der Waals surface area contributed by atoms with Gasteiger partial charge in [0.05, 0.1) is 13.2 Å². The molecule has 0 bridgehead atoms. The summed E-state index contributed by atoms with van der Waals surface area (Å²) in [4.78, 5) is 0. The molecule has 0 unspecified atom stereocenters. The van der Waals surface area contributed by atoms with E-state index in [1.807, 2.05) is 0 Å². The average molecular weight is 440 g/mol. The van der Waals surface area contributed by atoms with Crippen LogP contribution in [0, 0.1) is 0 Å². The predicted molar refractivity (Wildman–Crippen MR) is 102 cm³/mol. The Morgan fingerprint density at radius 3 is 1.50 bits per heavy atom. The van der Waals surface area contributed by atoms with Crippen molar-refractivity contribution in [1.82, 2.24) is 0 Å². The van der Waals surface area contributed by atoms with Crippen LogP contribution < -0.4 is 0 Å². The van der Waals surface area contributed by atoms with Gasteiger partial charge < -0.3 is 52.5 Å². The molecule has 0 saturated carbocycles. The summed E-state index contributed by atoms with van der Waals surface area (Å²) in [6.45, 7) is 0.433. The van der Waals surface area contributed by atoms with Crippen LogP contribution >= 0.6 is 0 Å². The summed E-state index contributed by atoms with van der Waals surface area (Å²) in [5.74, 6) is 0. The number of hydrogen-bond acceptors (Lipinski definition) is 11. The van der Waals surface area contributed by atoms with Crippen molar-refractivity contribution in [3.8, 4) is 0 Å². The van der Waals surface area contributed by atoms with Gasteiger partial charge in [-0.15, -0.1) is 0 Å². The minimum Gasteiger partial charge on any atom is -0.382 e. The van der Waals surface area contributed by atoms with Crippen molar-refractivity contribution < 1.29 is 52.5 Å². The highest BCUT2D eigenvalue weighted by Crippen LogP contribution is 2.33. The summed E-state index contributed by atoms with van der Waals surface area (Å²) in [5.41, 5.74) is 0. The summed E-state index contributed by atoms with van der Waals surface area (Å²) in [5, 5.41) is 10.3. The first kappa shape index (κ1) is 25.8. The van der Waals surface area contributed by atoms with E-state index in [0.717, 1.165) is 0 Å². The third kappa shape index (κ3) is 5.48. The van der Waals surface area contributed by atoms with Crippen LogP contribution in [-0.2, 0) is 47.4 Å². The van der Waals surface area contributed by atoms with Crippen molar-refractivity contribution in [2.24, 2.45) is 0 Å². The first-order valence-electron chi connectivity index (χ1n) is 9.77. The normalized spacial score (nSPS) is 42.4. The minimum atomic E-state index is -1.20. The summed E-state index contributed by atoms with van der Waals surface area (Å²) in [6.07, 6.45) is -6.77. The van der Waals surface area contributed by atoms with Crippen molar-refractivity contribution in [3.05, 3.63) is 0 Å². The zero-order valence-corrected chi connectivity index (χ0v) is 18.7. The van der Waals surface area contributed by atoms with Crippen molar-refractivity contribution in [3.63, 3.8) is 0 Å². The predicted octanol–water partition coefficient (Wildman–Crippen LogP) is -0.818. The molecule has 2 heterocycles. The van der Waals surface area contributed by atoms with E-state index < -0.39 is 61.4 Å². The lowest BCUT2D eigenvalue weighted by atomic mass is 9.96. The molecule has 30 heavy (non-hydrogen) atoms. The smallest absolute Gasteiger partial charge is 0.187 e. The summed E-state index contributed by atoms with van der Waals surface area (Å²) in [7, 11) is 10.8. The third-order valence-electron chi connectivity index (χ3n) is 5.51. The van der Waals surface area contributed by atoms with Gasteiger partial charge in [-0.2, -0.15) is 0 Å². The van der Waals surface area contributed by atoms with Gasteiger partial charge in [0.25, 0.3) is 0 Å². The van der Waals surface area contributed by atoms with Crippen LogP contribution in [0.5, 0.6) is 0 Å². The Morgan fingerprint density at radius 2 is 1.03 bits per heavy atom. The van der Waals surface area contributed by atoms with Gasteiger partial charge in [-0.3, -0.25) is 0 Å². The lowest BCUT2D eigenvalue weighted by molar-refractivity contribution is -0.363. The Morgan fingerprint density at radius 1 is 0.567 bits per heavy atom. The number of aliphatic hydroxyl groups excluding tert-OH is 1. The molecule has 11 heteroatoms. The topological polar surface area (TPSA) is 113 Å². The molecule has 178 valence electrons. The van der Waals surface area contributed by atoms with E-state index in [-0.39, 0.29) is 13.2 Å². The molecule has 2 rings (SSSR count). The molecule has 2 aliphatic rings. The summed E-state index contributed by atoms with van der Waals surface area (Å²) < 4.78 is 56.6. The first-order valence-corrected chi connectivity index (χ1v) is 9.77. The molecular weight excluding hydrogens is 404 g/mol. The van der Waals surface area contributed by atoms with Crippen molar-refractivity contribution in [2.75, 3.05) is 63.0 Å². The molecule has 2 saturated heterocycles. The number of hydrogen-bond donors (Lipinski definition) is 1. The van der Waals surface area contributed by atoms with Gasteiger partial charge in [-0.05, 0) is 0 Å². The van der Waals surface area contributed by atoms with Crippen LogP contribution in [0.1, 0.15) is 0 Å². The van der Waals surface area contributed by atoms with E-state index in [2.05, 4.69) is 0 Å². The third-order valence-corrected chi connectivity index (χ3v) is 5.51. The fourth-order valence-electron chi connectivity index (χ4n) is 4.12. The fraction of sp³-hybridized carbons (Fsp3) is 1.00. The molecule has 2 fully saturated rings. The van der Waals surface area contributed by atoms with Crippen molar-refractivity contribution in [1.29, 1.82) is 0 Å². The van der Waals surface area contributed by atoms with Gasteiger partial charge in [-0.1, -0.05) is 0 Å². The highest BCUT2D eigenvalue weighted by Gasteiger charge is 2.52. The lowest BCUT2D eigenvalue weighted by Crippen LogP contribution is -2.65. The molecule has 1 N–H and O–H groups in total. The van der Waals surface area contributed by atoms with Gasteiger partial charge in [0, 0.05) is 49.8 Å². The Kier molecular flexibility index (Phi) is 10.8. The minimum absolute atomic E-state index is 0.165. The molecule has 10 atom stereocenters. The molecule has 0 aromatic carbocycles. The van der Waals surface area contributed by atoms with Gasteiger partial charge in [0.1, 0.15) is 48.8 Å². The molecule has 11 nitrogen and oxygen atoms in total. The lowest BCUT2D eigenvalue weighted by Gasteiger charge is -2.48. The molecule has 0 amide bonds. The van der Waals surface area contributed by atoms with Gasteiger partial charge in [0.2, 0.25) is 0 Å². The van der Waals surface area contributed by atoms with E-state index in [4.69, 9.17) is 47.4 Å². The number of ether oxygens (including phenoxy) is 10. The zero-order valence-electron chi connectivity index (χ0n) is 18.7. The summed E-state index contributed by atoms with van der Waals surface area (Å²) >= 11 is 0. The molecule has 0 aromatic rings. The van der Waals surface area contributed by atoms with Gasteiger partial charge >= 0.3 is 0 Å². The maximum atomic E-state index is 10.3. The van der Waals surface area contributed by atoms with Crippen molar-refractivity contribution >= 4 is 0 Å². The van der Waals surface area contributed by atoms with Crippen molar-refractivity contribution in [2.45, 2.75) is 61.4 Å². The number of methoxy groups -OCH3 is 7. The maximum absolute atomic E-state index is 10.3. The highest BCUT2D eigenvalue weighted by molar-refractivity contribution is 4.96. The molecule has 0 radical (unpaired) electrons. The Bertz CT molecular complexity index is 481. The maximum Gasteiger partial charge on any atom is 0.187 e.